The summed E-state index contributed by atoms with van der Waals surface area (Å²) in [4.78, 5) is 37.1. The van der Waals surface area contributed by atoms with E-state index < -0.39 is 11.9 Å². The number of quaternary nitrogens is 1. The highest BCUT2D eigenvalue weighted by molar-refractivity contribution is 6.42. The van der Waals surface area contributed by atoms with Crippen LogP contribution in [0, 0.1) is 0 Å². The summed E-state index contributed by atoms with van der Waals surface area (Å²) < 4.78 is 9.41. The van der Waals surface area contributed by atoms with Crippen molar-refractivity contribution in [2.75, 3.05) is 33.1 Å². The van der Waals surface area contributed by atoms with Crippen molar-refractivity contribution in [3.8, 4) is 0 Å². The molecular weight excluding hydrogens is 419 g/mol. The Kier molecular flexibility index (Phi) is 8.01. The van der Waals surface area contributed by atoms with Gasteiger partial charge in [-0.15, -0.1) is 0 Å². The summed E-state index contributed by atoms with van der Waals surface area (Å²) in [6.07, 6.45) is 0. The molecule has 0 aliphatic heterocycles. The molecule has 29 heavy (non-hydrogen) atoms. The monoisotopic (exact) mass is 439 g/mol. The number of hydrogen-bond donors (Lipinski definition) is 2. The number of nitrogens with one attached hydrogen (secondary N) is 2. The number of carbonyl (C=O) groups excluding carboxylic acids is 3. The van der Waals surface area contributed by atoms with E-state index >= 15 is 0 Å². The number of methoxy groups -OCH3 is 2. The fourth-order valence-electron chi connectivity index (χ4n) is 2.71. The quantitative estimate of drug-likeness (QED) is 0.645. The van der Waals surface area contributed by atoms with E-state index in [4.69, 9.17) is 27.9 Å². The molecule has 0 saturated carbocycles. The molecule has 7 nitrogen and oxygen atoms in total. The Labute approximate surface area is 178 Å². The minimum atomic E-state index is -0.631. The second-order valence-electron chi connectivity index (χ2n) is 6.35. The van der Waals surface area contributed by atoms with Crippen LogP contribution in [0.3, 0.4) is 0 Å². The van der Waals surface area contributed by atoms with Gasteiger partial charge in [0, 0.05) is 5.56 Å². The highest BCUT2D eigenvalue weighted by atomic mass is 35.5. The smallest absolute Gasteiger partial charge is 0.339 e. The molecule has 0 saturated heterocycles. The first-order chi connectivity index (χ1) is 13.7. The molecule has 9 heteroatoms. The van der Waals surface area contributed by atoms with Gasteiger partial charge in [0.25, 0.3) is 5.91 Å². The highest BCUT2D eigenvalue weighted by Gasteiger charge is 2.19. The molecule has 0 aliphatic carbocycles. The predicted octanol–water partition coefficient (Wildman–Crippen LogP) is 2.22. The normalized spacial score (nSPS) is 11.5. The molecule has 0 radical (unpaired) electrons. The Morgan fingerprint density at radius 2 is 1.66 bits per heavy atom. The van der Waals surface area contributed by atoms with E-state index in [0.29, 0.717) is 16.6 Å². The average Bonchev–Trinajstić information content (AvgIpc) is 2.69. The van der Waals surface area contributed by atoms with Gasteiger partial charge in [-0.1, -0.05) is 29.3 Å². The third-order valence-electron chi connectivity index (χ3n) is 4.07. The van der Waals surface area contributed by atoms with Crippen molar-refractivity contribution in [2.24, 2.45) is 0 Å². The number of hydrogen-bond acceptors (Lipinski definition) is 5. The van der Waals surface area contributed by atoms with Gasteiger partial charge >= 0.3 is 11.9 Å². The molecule has 2 rings (SSSR count). The predicted molar refractivity (Wildman–Crippen MR) is 110 cm³/mol. The van der Waals surface area contributed by atoms with E-state index in [1.165, 1.54) is 32.4 Å². The van der Waals surface area contributed by atoms with Crippen LogP contribution in [-0.4, -0.2) is 45.7 Å². The molecule has 1 unspecified atom stereocenters. The summed E-state index contributed by atoms with van der Waals surface area (Å²) in [7, 11) is 4.32. The van der Waals surface area contributed by atoms with Gasteiger partial charge in [0.2, 0.25) is 0 Å². The molecular formula is C20H21Cl2N2O5+. The zero-order valence-electron chi connectivity index (χ0n) is 16.2. The van der Waals surface area contributed by atoms with Crippen LogP contribution in [0.2, 0.25) is 10.0 Å². The number of esters is 2. The van der Waals surface area contributed by atoms with Crippen LogP contribution in [-0.2, 0) is 20.8 Å². The third-order valence-corrected chi connectivity index (χ3v) is 4.81. The molecule has 0 fully saturated rings. The van der Waals surface area contributed by atoms with Gasteiger partial charge in [0.05, 0.1) is 48.1 Å². The molecule has 2 aromatic rings. The summed E-state index contributed by atoms with van der Waals surface area (Å²) in [5, 5.41) is 3.58. The number of ether oxygens (including phenoxy) is 2. The Morgan fingerprint density at radius 3 is 2.28 bits per heavy atom. The zero-order valence-corrected chi connectivity index (χ0v) is 17.7. The Balaban J connectivity index is 2.12. The van der Waals surface area contributed by atoms with Crippen molar-refractivity contribution in [1.82, 2.24) is 0 Å². The molecule has 0 heterocycles. The minimum absolute atomic E-state index is 0.114. The lowest BCUT2D eigenvalue weighted by atomic mass is 10.1. The standard InChI is InChI=1S/C20H20Cl2N2O5/c1-24(10-12-4-7-15(21)16(22)8-12)11-18(25)23-17-9-13(19(26)28-2)5-6-14(17)20(27)29-3/h4-9H,10-11H2,1-3H3,(H,23,25)/p+1. The van der Waals surface area contributed by atoms with E-state index in [9.17, 15) is 14.4 Å². The van der Waals surface area contributed by atoms with E-state index in [1.54, 1.807) is 12.1 Å². The van der Waals surface area contributed by atoms with Crippen molar-refractivity contribution in [3.05, 3.63) is 63.1 Å². The molecule has 0 aromatic heterocycles. The van der Waals surface area contributed by atoms with Crippen LogP contribution in [0.25, 0.3) is 0 Å². The lowest BCUT2D eigenvalue weighted by molar-refractivity contribution is -0.885. The fourth-order valence-corrected chi connectivity index (χ4v) is 3.03. The largest absolute Gasteiger partial charge is 0.465 e. The maximum Gasteiger partial charge on any atom is 0.339 e. The van der Waals surface area contributed by atoms with E-state index in [2.05, 4.69) is 10.1 Å². The first-order valence-electron chi connectivity index (χ1n) is 8.61. The van der Waals surface area contributed by atoms with Crippen LogP contribution in [0.4, 0.5) is 5.69 Å². The highest BCUT2D eigenvalue weighted by Crippen LogP contribution is 2.22. The van der Waals surface area contributed by atoms with Gasteiger partial charge in [0.1, 0.15) is 6.54 Å². The lowest BCUT2D eigenvalue weighted by Crippen LogP contribution is -3.08. The van der Waals surface area contributed by atoms with Gasteiger partial charge in [-0.05, 0) is 30.3 Å². The molecule has 2 aromatic carbocycles. The van der Waals surface area contributed by atoms with Crippen LogP contribution in [0.5, 0.6) is 0 Å². The summed E-state index contributed by atoms with van der Waals surface area (Å²) >= 11 is 11.9. The molecule has 154 valence electrons. The van der Waals surface area contributed by atoms with Crippen molar-refractivity contribution in [1.29, 1.82) is 0 Å². The molecule has 0 aliphatic rings. The summed E-state index contributed by atoms with van der Waals surface area (Å²) in [5.74, 6) is -1.55. The summed E-state index contributed by atoms with van der Waals surface area (Å²) in [6.45, 7) is 0.652. The van der Waals surface area contributed by atoms with Crippen LogP contribution in [0.1, 0.15) is 26.3 Å². The van der Waals surface area contributed by atoms with Crippen LogP contribution in [0.15, 0.2) is 36.4 Å². The first-order valence-corrected chi connectivity index (χ1v) is 9.36. The topological polar surface area (TPSA) is 86.1 Å². The van der Waals surface area contributed by atoms with Crippen molar-refractivity contribution >= 4 is 46.7 Å². The molecule has 0 bridgehead atoms. The van der Waals surface area contributed by atoms with Gasteiger partial charge in [-0.25, -0.2) is 9.59 Å². The molecule has 1 amide bonds. The number of rotatable bonds is 7. The number of amides is 1. The van der Waals surface area contributed by atoms with Gasteiger partial charge < -0.3 is 19.7 Å². The number of anilines is 1. The second-order valence-corrected chi connectivity index (χ2v) is 7.17. The fraction of sp³-hybridized carbons (Fsp3) is 0.250. The first kappa shape index (κ1) is 22.7. The number of carbonyl (C=O) groups is 3. The minimum Gasteiger partial charge on any atom is -0.465 e. The zero-order chi connectivity index (χ0) is 21.6. The molecule has 1 atom stereocenters. The summed E-state index contributed by atoms with van der Waals surface area (Å²) in [6, 6.07) is 9.50. The summed E-state index contributed by atoms with van der Waals surface area (Å²) in [5.41, 5.74) is 1.43. The van der Waals surface area contributed by atoms with Crippen molar-refractivity contribution in [3.63, 3.8) is 0 Å². The van der Waals surface area contributed by atoms with Gasteiger partial charge in [-0.3, -0.25) is 4.79 Å². The molecule has 0 spiro atoms. The average molecular weight is 440 g/mol. The van der Waals surface area contributed by atoms with Crippen molar-refractivity contribution in [2.45, 2.75) is 6.54 Å². The maximum absolute atomic E-state index is 12.5. The van der Waals surface area contributed by atoms with Crippen LogP contribution >= 0.6 is 23.2 Å². The van der Waals surface area contributed by atoms with Gasteiger partial charge in [0.15, 0.2) is 6.54 Å². The Morgan fingerprint density at radius 1 is 0.966 bits per heavy atom. The van der Waals surface area contributed by atoms with Crippen LogP contribution < -0.4 is 10.2 Å². The Bertz CT molecular complexity index is 933. The third kappa shape index (κ3) is 6.19. The van der Waals surface area contributed by atoms with E-state index in [1.807, 2.05) is 13.1 Å². The van der Waals surface area contributed by atoms with E-state index in [0.717, 1.165) is 10.5 Å². The van der Waals surface area contributed by atoms with Crippen molar-refractivity contribution < 1.29 is 28.8 Å². The maximum atomic E-state index is 12.5. The number of halogens is 2. The SMILES string of the molecule is COC(=O)c1ccc(C(=O)OC)c(NC(=O)C[NH+](C)Cc2ccc(Cl)c(Cl)c2)c1. The number of benzene rings is 2. The number of likely N-dealkylation sites (N-methyl/N-ethyl adjacent to an activating group) is 1. The second kappa shape index (κ2) is 10.2. The lowest BCUT2D eigenvalue weighted by Gasteiger charge is -2.16. The van der Waals surface area contributed by atoms with E-state index in [-0.39, 0.29) is 29.3 Å². The Hall–Kier alpha value is -2.61. The molecule has 2 N–H and O–H groups in total. The van der Waals surface area contributed by atoms with Gasteiger partial charge in [-0.2, -0.15) is 0 Å².